The van der Waals surface area contributed by atoms with Gasteiger partial charge in [-0.25, -0.2) is 4.90 Å². The molecule has 2 aromatic rings. The monoisotopic (exact) mass is 222 g/mol. The molecule has 0 unspecified atom stereocenters. The standard InChI is InChI=1S/C14H8NO2/c16-13-11-8-4-5-9-12(11)14(17)15(13)10-6-2-1-3-7-10/h1-6,8-9H. The summed E-state index contributed by atoms with van der Waals surface area (Å²) in [5.41, 5.74) is 1.39. The molecule has 0 spiro atoms. The van der Waals surface area contributed by atoms with Gasteiger partial charge >= 0.3 is 0 Å². The Morgan fingerprint density at radius 3 is 1.94 bits per heavy atom. The number of carbonyl (C=O) groups is 2. The maximum Gasteiger partial charge on any atom is 0.266 e. The van der Waals surface area contributed by atoms with Gasteiger partial charge in [-0.05, 0) is 18.2 Å². The molecule has 0 atom stereocenters. The second-order valence-electron chi connectivity index (χ2n) is 3.74. The van der Waals surface area contributed by atoms with E-state index in [1.54, 1.807) is 48.5 Å². The third kappa shape index (κ3) is 1.36. The number of nitrogens with zero attached hydrogens (tertiary/aromatic N) is 1. The van der Waals surface area contributed by atoms with Crippen LogP contribution in [0.2, 0.25) is 0 Å². The van der Waals surface area contributed by atoms with E-state index < -0.39 is 0 Å². The normalized spacial score (nSPS) is 14.0. The number of rotatable bonds is 1. The largest absolute Gasteiger partial charge is 0.268 e. The molecule has 81 valence electrons. The molecule has 1 heterocycles. The van der Waals surface area contributed by atoms with Crippen LogP contribution in [0.4, 0.5) is 5.69 Å². The van der Waals surface area contributed by atoms with Crippen molar-refractivity contribution >= 4 is 17.5 Å². The zero-order valence-electron chi connectivity index (χ0n) is 8.88. The van der Waals surface area contributed by atoms with Crippen molar-refractivity contribution in [2.45, 2.75) is 0 Å². The highest BCUT2D eigenvalue weighted by molar-refractivity contribution is 6.34. The Morgan fingerprint density at radius 2 is 1.41 bits per heavy atom. The molecule has 1 radical (unpaired) electrons. The van der Waals surface area contributed by atoms with Gasteiger partial charge in [-0.1, -0.05) is 30.3 Å². The van der Waals surface area contributed by atoms with Crippen molar-refractivity contribution in [2.24, 2.45) is 0 Å². The van der Waals surface area contributed by atoms with Crippen LogP contribution in [0.3, 0.4) is 0 Å². The quantitative estimate of drug-likeness (QED) is 0.694. The number of fused-ring (bicyclic) bond motifs is 1. The van der Waals surface area contributed by atoms with Crippen LogP contribution in [0.15, 0.2) is 48.5 Å². The lowest BCUT2D eigenvalue weighted by Crippen LogP contribution is -2.29. The molecule has 0 aliphatic carbocycles. The van der Waals surface area contributed by atoms with Crippen LogP contribution >= 0.6 is 0 Å². The number of benzene rings is 2. The van der Waals surface area contributed by atoms with E-state index in [0.29, 0.717) is 16.8 Å². The SMILES string of the molecule is O=C1c2ccccc2C(=O)N1c1[c]cccc1. The fraction of sp³-hybridized carbons (Fsp3) is 0. The van der Waals surface area contributed by atoms with E-state index in [-0.39, 0.29) is 11.8 Å². The lowest BCUT2D eigenvalue weighted by Gasteiger charge is -2.12. The molecule has 0 saturated heterocycles. The van der Waals surface area contributed by atoms with E-state index in [0.717, 1.165) is 4.90 Å². The first-order valence-electron chi connectivity index (χ1n) is 5.23. The van der Waals surface area contributed by atoms with Gasteiger partial charge in [0.05, 0.1) is 16.8 Å². The molecule has 2 aromatic carbocycles. The van der Waals surface area contributed by atoms with Crippen LogP contribution in [0.1, 0.15) is 20.7 Å². The van der Waals surface area contributed by atoms with Gasteiger partial charge in [0.15, 0.2) is 0 Å². The van der Waals surface area contributed by atoms with Crippen molar-refractivity contribution in [1.82, 2.24) is 0 Å². The predicted molar refractivity (Wildman–Crippen MR) is 62.9 cm³/mol. The van der Waals surface area contributed by atoms with Crippen LogP contribution < -0.4 is 4.90 Å². The van der Waals surface area contributed by atoms with Gasteiger partial charge in [0, 0.05) is 6.07 Å². The zero-order valence-corrected chi connectivity index (χ0v) is 8.88. The minimum Gasteiger partial charge on any atom is -0.268 e. The lowest BCUT2D eigenvalue weighted by molar-refractivity contribution is 0.0926. The fourth-order valence-electron chi connectivity index (χ4n) is 1.93. The van der Waals surface area contributed by atoms with Gasteiger partial charge in [-0.2, -0.15) is 0 Å². The van der Waals surface area contributed by atoms with Crippen molar-refractivity contribution < 1.29 is 9.59 Å². The molecule has 0 aromatic heterocycles. The van der Waals surface area contributed by atoms with Gasteiger partial charge in [-0.15, -0.1) is 0 Å². The van der Waals surface area contributed by atoms with E-state index in [4.69, 9.17) is 0 Å². The summed E-state index contributed by atoms with van der Waals surface area (Å²) in [5, 5.41) is 0. The van der Waals surface area contributed by atoms with Gasteiger partial charge < -0.3 is 0 Å². The van der Waals surface area contributed by atoms with E-state index in [9.17, 15) is 9.59 Å². The number of imide groups is 1. The second-order valence-corrected chi connectivity index (χ2v) is 3.74. The molecule has 0 fully saturated rings. The van der Waals surface area contributed by atoms with E-state index in [1.165, 1.54) is 0 Å². The maximum atomic E-state index is 12.1. The molecule has 2 amide bonds. The first-order chi connectivity index (χ1) is 8.29. The Hall–Kier alpha value is -2.42. The summed E-state index contributed by atoms with van der Waals surface area (Å²) in [4.78, 5) is 25.3. The zero-order chi connectivity index (χ0) is 11.8. The summed E-state index contributed by atoms with van der Waals surface area (Å²) in [6.45, 7) is 0. The number of amides is 2. The third-order valence-electron chi connectivity index (χ3n) is 2.73. The highest BCUT2D eigenvalue weighted by Gasteiger charge is 2.36. The Balaban J connectivity index is 2.13. The fourth-order valence-corrected chi connectivity index (χ4v) is 1.93. The van der Waals surface area contributed by atoms with E-state index in [1.807, 2.05) is 0 Å². The van der Waals surface area contributed by atoms with Crippen molar-refractivity contribution in [2.75, 3.05) is 4.90 Å². The number of hydrogen-bond acceptors (Lipinski definition) is 2. The Labute approximate surface area is 98.3 Å². The average Bonchev–Trinajstić information content (AvgIpc) is 2.64. The topological polar surface area (TPSA) is 37.4 Å². The highest BCUT2D eigenvalue weighted by Crippen LogP contribution is 2.27. The molecule has 17 heavy (non-hydrogen) atoms. The minimum atomic E-state index is -0.284. The van der Waals surface area contributed by atoms with Crippen LogP contribution in [0, 0.1) is 6.07 Å². The Morgan fingerprint density at radius 1 is 0.824 bits per heavy atom. The summed E-state index contributed by atoms with van der Waals surface area (Å²) in [7, 11) is 0. The number of carbonyl (C=O) groups excluding carboxylic acids is 2. The van der Waals surface area contributed by atoms with Crippen molar-refractivity contribution in [3.63, 3.8) is 0 Å². The number of hydrogen-bond donors (Lipinski definition) is 0. The highest BCUT2D eigenvalue weighted by atomic mass is 16.2. The summed E-state index contributed by atoms with van der Waals surface area (Å²) in [6.07, 6.45) is 0. The van der Waals surface area contributed by atoms with Crippen LogP contribution in [-0.4, -0.2) is 11.8 Å². The van der Waals surface area contributed by atoms with Crippen LogP contribution in [0.5, 0.6) is 0 Å². The maximum absolute atomic E-state index is 12.1. The second kappa shape index (κ2) is 3.56. The summed E-state index contributed by atoms with van der Waals surface area (Å²) in [6, 6.07) is 16.7. The van der Waals surface area contributed by atoms with Crippen molar-refractivity contribution in [3.05, 3.63) is 65.7 Å². The minimum absolute atomic E-state index is 0.284. The molecule has 0 N–H and O–H groups in total. The molecule has 0 saturated carbocycles. The van der Waals surface area contributed by atoms with E-state index in [2.05, 4.69) is 6.07 Å². The Bertz CT molecular complexity index is 570. The molecule has 1 aliphatic rings. The Kier molecular flexibility index (Phi) is 2.05. The molecule has 3 nitrogen and oxygen atoms in total. The first-order valence-corrected chi connectivity index (χ1v) is 5.23. The lowest BCUT2D eigenvalue weighted by atomic mass is 10.1. The van der Waals surface area contributed by atoms with Gasteiger partial charge in [-0.3, -0.25) is 9.59 Å². The van der Waals surface area contributed by atoms with Gasteiger partial charge in [0.25, 0.3) is 11.8 Å². The number of anilines is 1. The van der Waals surface area contributed by atoms with Gasteiger partial charge in [0.1, 0.15) is 0 Å². The molecular weight excluding hydrogens is 214 g/mol. The summed E-state index contributed by atoms with van der Waals surface area (Å²) < 4.78 is 0. The molecule has 3 rings (SSSR count). The third-order valence-corrected chi connectivity index (χ3v) is 2.73. The molecule has 1 aliphatic heterocycles. The summed E-state index contributed by atoms with van der Waals surface area (Å²) >= 11 is 0. The van der Waals surface area contributed by atoms with Crippen molar-refractivity contribution in [3.8, 4) is 0 Å². The smallest absolute Gasteiger partial charge is 0.266 e. The van der Waals surface area contributed by atoms with Gasteiger partial charge in [0.2, 0.25) is 0 Å². The molecular formula is C14H8NO2. The van der Waals surface area contributed by atoms with Crippen LogP contribution in [0.25, 0.3) is 0 Å². The molecule has 3 heteroatoms. The van der Waals surface area contributed by atoms with E-state index >= 15 is 0 Å². The number of para-hydroxylation sites is 1. The first kappa shape index (κ1) is 9.78. The average molecular weight is 222 g/mol. The van der Waals surface area contributed by atoms with Crippen LogP contribution in [-0.2, 0) is 0 Å². The van der Waals surface area contributed by atoms with Crippen molar-refractivity contribution in [1.29, 1.82) is 0 Å². The molecule has 0 bridgehead atoms. The summed E-state index contributed by atoms with van der Waals surface area (Å²) in [5.74, 6) is -0.568. The predicted octanol–water partition coefficient (Wildman–Crippen LogP) is 2.29.